The van der Waals surface area contributed by atoms with Gasteiger partial charge in [-0.1, -0.05) is 6.04 Å². The standard InChI is InChI=1S/C10H26OSSi/c1-4-11-7-5-8-12(2,3)9-6-10-13/h4-10H2,1-3,13H3. The van der Waals surface area contributed by atoms with Crippen molar-refractivity contribution in [1.29, 1.82) is 0 Å². The Hall–Kier alpha value is 0.527. The lowest BCUT2D eigenvalue weighted by molar-refractivity contribution is 0.149. The summed E-state index contributed by atoms with van der Waals surface area (Å²) < 4.78 is 5.35. The minimum atomic E-state index is -0.282. The third kappa shape index (κ3) is 8.85. The molecule has 0 aliphatic heterocycles. The first-order valence-corrected chi connectivity index (χ1v) is 9.59. The molecule has 0 amide bonds. The lowest BCUT2D eigenvalue weighted by atomic mass is 10.5. The third-order valence-corrected chi connectivity index (χ3v) is 5.74. The normalized spacial score (nSPS) is 13.5. The Balaban J connectivity index is 3.39. The summed E-state index contributed by atoms with van der Waals surface area (Å²) in [4.78, 5) is 0. The zero-order chi connectivity index (χ0) is 10.2. The van der Waals surface area contributed by atoms with E-state index in [9.17, 15) is 0 Å². The molecule has 0 aliphatic carbocycles. The first-order chi connectivity index (χ1) is 6.12. The van der Waals surface area contributed by atoms with Crippen LogP contribution >= 0.6 is 10.0 Å². The Kier molecular flexibility index (Phi) is 8.21. The second-order valence-corrected chi connectivity index (χ2v) is 9.43. The van der Waals surface area contributed by atoms with Gasteiger partial charge < -0.3 is 4.74 Å². The van der Waals surface area contributed by atoms with E-state index in [1.807, 2.05) is 0 Å². The van der Waals surface area contributed by atoms with E-state index in [-0.39, 0.29) is 10.0 Å². The summed E-state index contributed by atoms with van der Waals surface area (Å²) in [6.45, 7) is 3.91. The average molecular weight is 222 g/mol. The van der Waals surface area contributed by atoms with E-state index in [4.69, 9.17) is 4.74 Å². The van der Waals surface area contributed by atoms with Crippen molar-refractivity contribution in [2.45, 2.75) is 25.8 Å². The Bertz CT molecular complexity index is 117. The molecule has 0 N–H and O–H groups in total. The average Bonchev–Trinajstić information content (AvgIpc) is 2.09. The van der Waals surface area contributed by atoms with Crippen LogP contribution in [0.4, 0.5) is 0 Å². The Morgan fingerprint density at radius 3 is 2.31 bits per heavy atom. The van der Waals surface area contributed by atoms with Crippen LogP contribution in [0.15, 0.2) is 0 Å². The van der Waals surface area contributed by atoms with Crippen LogP contribution in [0.1, 0.15) is 19.8 Å². The van der Waals surface area contributed by atoms with Crippen molar-refractivity contribution in [2.24, 2.45) is 0 Å². The Morgan fingerprint density at radius 1 is 1.15 bits per heavy atom. The quantitative estimate of drug-likeness (QED) is 0.448. The molecule has 82 valence electrons. The lowest BCUT2D eigenvalue weighted by Crippen LogP contribution is -2.08. The maximum atomic E-state index is 5.35. The van der Waals surface area contributed by atoms with Gasteiger partial charge in [-0.3, -0.25) is 0 Å². The molecule has 0 saturated heterocycles. The van der Waals surface area contributed by atoms with Crippen LogP contribution < -0.4 is 0 Å². The van der Waals surface area contributed by atoms with Gasteiger partial charge in [-0.05, 0) is 43.8 Å². The number of hydrogen-bond acceptors (Lipinski definition) is 1. The van der Waals surface area contributed by atoms with E-state index in [1.54, 1.807) is 0 Å². The summed E-state index contributed by atoms with van der Waals surface area (Å²) in [5.41, 5.74) is 0. The molecule has 0 aliphatic rings. The van der Waals surface area contributed by atoms with Crippen molar-refractivity contribution < 1.29 is 4.74 Å². The molecule has 1 nitrogen and oxygen atoms in total. The van der Waals surface area contributed by atoms with Gasteiger partial charge in [-0.25, -0.2) is 10.0 Å². The van der Waals surface area contributed by atoms with Crippen molar-refractivity contribution in [2.75, 3.05) is 37.2 Å². The molecule has 13 heavy (non-hydrogen) atoms. The summed E-state index contributed by atoms with van der Waals surface area (Å²) in [7, 11) is 1.10. The fourth-order valence-corrected chi connectivity index (χ4v) is 4.37. The van der Waals surface area contributed by atoms with Gasteiger partial charge in [0.2, 0.25) is 0 Å². The monoisotopic (exact) mass is 222 g/mol. The zero-order valence-electron chi connectivity index (χ0n) is 9.77. The molecular formula is C10H26OSSi. The molecule has 3 heteroatoms. The van der Waals surface area contributed by atoms with Crippen LogP contribution in [-0.2, 0) is 4.74 Å². The molecule has 0 fully saturated rings. The minimum Gasteiger partial charge on any atom is -0.382 e. The van der Waals surface area contributed by atoms with E-state index in [0.717, 1.165) is 13.2 Å². The van der Waals surface area contributed by atoms with Crippen LogP contribution in [0, 0.1) is 0 Å². The van der Waals surface area contributed by atoms with Gasteiger partial charge in [-0.15, -0.1) is 0 Å². The zero-order valence-corrected chi connectivity index (χ0v) is 12.6. The van der Waals surface area contributed by atoms with Crippen molar-refractivity contribution >= 4 is 20.3 Å². The lowest BCUT2D eigenvalue weighted by Gasteiger charge is -2.31. The van der Waals surface area contributed by atoms with Crippen molar-refractivity contribution in [1.82, 2.24) is 0 Å². The van der Waals surface area contributed by atoms with Crippen LogP contribution in [0.5, 0.6) is 0 Å². The maximum absolute atomic E-state index is 5.35. The van der Waals surface area contributed by atoms with Gasteiger partial charge in [0.05, 0.1) is 0 Å². The van der Waals surface area contributed by atoms with Gasteiger partial charge in [-0.2, -0.15) is 0 Å². The van der Waals surface area contributed by atoms with E-state index in [1.165, 1.54) is 40.6 Å². The summed E-state index contributed by atoms with van der Waals surface area (Å²) in [5, 5.41) is 0. The molecule has 0 saturated carbocycles. The van der Waals surface area contributed by atoms with E-state index >= 15 is 0 Å². The van der Waals surface area contributed by atoms with Crippen molar-refractivity contribution in [3.8, 4) is 0 Å². The topological polar surface area (TPSA) is 9.23 Å². The summed E-state index contributed by atoms with van der Waals surface area (Å²) in [6, 6.07) is 1.47. The number of ether oxygens (including phenoxy) is 1. The van der Waals surface area contributed by atoms with Crippen molar-refractivity contribution in [3.05, 3.63) is 0 Å². The molecule has 0 heterocycles. The van der Waals surface area contributed by atoms with Gasteiger partial charge >= 0.3 is 0 Å². The second-order valence-electron chi connectivity index (χ2n) is 4.08. The highest BCUT2D eigenvalue weighted by molar-refractivity contribution is 8.32. The fourth-order valence-electron chi connectivity index (χ4n) is 1.33. The highest BCUT2D eigenvalue weighted by Crippen LogP contribution is 2.40. The third-order valence-electron chi connectivity index (χ3n) is 2.24. The van der Waals surface area contributed by atoms with Crippen LogP contribution in [0.25, 0.3) is 0 Å². The predicted octanol–water partition coefficient (Wildman–Crippen LogP) is 1.65. The molecule has 0 aromatic carbocycles. The maximum Gasteiger partial charge on any atom is 0.0473 e. The molecule has 0 atom stereocenters. The highest BCUT2D eigenvalue weighted by atomic mass is 32.3. The summed E-state index contributed by atoms with van der Waals surface area (Å²) in [6.07, 6.45) is 7.66. The van der Waals surface area contributed by atoms with Crippen LogP contribution in [0.3, 0.4) is 0 Å². The fraction of sp³-hybridized carbons (Fsp3) is 1.00. The van der Waals surface area contributed by atoms with Crippen molar-refractivity contribution in [3.63, 3.8) is 0 Å². The van der Waals surface area contributed by atoms with E-state index in [2.05, 4.69) is 19.4 Å². The van der Waals surface area contributed by atoms with Gasteiger partial charge in [0.1, 0.15) is 0 Å². The van der Waals surface area contributed by atoms with E-state index < -0.39 is 0 Å². The SMILES string of the molecule is CCOCCCS(C)(C)CCC[SiH3]. The van der Waals surface area contributed by atoms with Gasteiger partial charge in [0.25, 0.3) is 0 Å². The molecule has 0 radical (unpaired) electrons. The molecule has 0 unspecified atom stereocenters. The first kappa shape index (κ1) is 13.5. The van der Waals surface area contributed by atoms with E-state index in [0.29, 0.717) is 0 Å². The molecular weight excluding hydrogens is 196 g/mol. The highest BCUT2D eigenvalue weighted by Gasteiger charge is 2.09. The summed E-state index contributed by atoms with van der Waals surface area (Å²) in [5.74, 6) is 2.87. The molecule has 0 aromatic heterocycles. The van der Waals surface area contributed by atoms with Crippen LogP contribution in [-0.4, -0.2) is 47.5 Å². The Morgan fingerprint density at radius 2 is 1.77 bits per heavy atom. The Labute approximate surface area is 88.4 Å². The molecule has 0 aromatic rings. The predicted molar refractivity (Wildman–Crippen MR) is 69.6 cm³/mol. The van der Waals surface area contributed by atoms with Crippen LogP contribution in [0.2, 0.25) is 6.04 Å². The molecule has 0 bridgehead atoms. The molecule has 0 rings (SSSR count). The molecule has 0 spiro atoms. The number of rotatable bonds is 8. The minimum absolute atomic E-state index is 0.282. The second kappa shape index (κ2) is 7.89. The van der Waals surface area contributed by atoms with Gasteiger partial charge in [0, 0.05) is 23.5 Å². The summed E-state index contributed by atoms with van der Waals surface area (Å²) >= 11 is 0. The number of hydrogen-bond donors (Lipinski definition) is 0. The first-order valence-electron chi connectivity index (χ1n) is 5.39. The largest absolute Gasteiger partial charge is 0.382 e. The van der Waals surface area contributed by atoms with Gasteiger partial charge in [0.15, 0.2) is 0 Å². The smallest absolute Gasteiger partial charge is 0.0473 e.